The van der Waals surface area contributed by atoms with Crippen LogP contribution in [0, 0.1) is 0 Å². The van der Waals surface area contributed by atoms with Crippen LogP contribution in [0.15, 0.2) is 253 Å². The molecule has 0 aliphatic rings. The molecule has 2 nitrogen and oxygen atoms in total. The molecule has 0 bridgehead atoms. The third-order valence-electron chi connectivity index (χ3n) is 13.4. The lowest BCUT2D eigenvalue weighted by atomic mass is 9.84. The van der Waals surface area contributed by atoms with Crippen LogP contribution in [0.4, 0.5) is 17.1 Å². The Morgan fingerprint density at radius 3 is 1.56 bits per heavy atom. The lowest BCUT2D eigenvalue weighted by Gasteiger charge is -2.26. The van der Waals surface area contributed by atoms with Crippen LogP contribution in [0.2, 0.25) is 0 Å². The zero-order valence-electron chi connectivity index (χ0n) is 36.0. The lowest BCUT2D eigenvalue weighted by Crippen LogP contribution is -2.10. The molecule has 1 aromatic heterocycles. The molecule has 308 valence electrons. The predicted octanol–water partition coefficient (Wildman–Crippen LogP) is 18.3. The molecule has 0 atom stereocenters. The van der Waals surface area contributed by atoms with E-state index in [1.165, 1.54) is 71.1 Å². The minimum atomic E-state index is 0.873. The number of nitrogens with zero attached hydrogens (tertiary/aromatic N) is 1. The Balaban J connectivity index is 1.000. The van der Waals surface area contributed by atoms with Crippen molar-refractivity contribution in [2.75, 3.05) is 4.90 Å². The summed E-state index contributed by atoms with van der Waals surface area (Å²) in [5.74, 6) is 0. The molecule has 0 spiro atoms. The van der Waals surface area contributed by atoms with Crippen molar-refractivity contribution in [3.8, 4) is 44.5 Å². The maximum Gasteiger partial charge on any atom is 0.143 e. The lowest BCUT2D eigenvalue weighted by molar-refractivity contribution is 0.672. The first kappa shape index (κ1) is 37.8. The van der Waals surface area contributed by atoms with Crippen LogP contribution >= 0.6 is 0 Å². The predicted molar refractivity (Wildman–Crippen MR) is 280 cm³/mol. The summed E-state index contributed by atoms with van der Waals surface area (Å²) in [7, 11) is 0. The number of benzene rings is 12. The van der Waals surface area contributed by atoms with Crippen molar-refractivity contribution in [2.45, 2.75) is 0 Å². The Bertz CT molecular complexity index is 3970. The summed E-state index contributed by atoms with van der Waals surface area (Å²) in [4.78, 5) is 2.38. The van der Waals surface area contributed by atoms with Crippen LogP contribution in [0.25, 0.3) is 110 Å². The second-order valence-corrected chi connectivity index (χ2v) is 17.2. The first-order valence-electron chi connectivity index (χ1n) is 22.7. The number of furan rings is 1. The molecule has 0 radical (unpaired) electrons. The van der Waals surface area contributed by atoms with Crippen molar-refractivity contribution in [2.24, 2.45) is 0 Å². The fourth-order valence-corrected chi connectivity index (χ4v) is 10.4. The van der Waals surface area contributed by atoms with Gasteiger partial charge >= 0.3 is 0 Å². The molecule has 0 aliphatic carbocycles. The maximum absolute atomic E-state index is 6.61. The molecule has 66 heavy (non-hydrogen) atoms. The smallest absolute Gasteiger partial charge is 0.143 e. The van der Waals surface area contributed by atoms with Gasteiger partial charge in [0.05, 0.1) is 0 Å². The Kier molecular flexibility index (Phi) is 8.89. The molecule has 1 heterocycles. The van der Waals surface area contributed by atoms with Gasteiger partial charge in [0.15, 0.2) is 0 Å². The number of rotatable bonds is 7. The Hall–Kier alpha value is -8.72. The van der Waals surface area contributed by atoms with Gasteiger partial charge in [-0.3, -0.25) is 0 Å². The van der Waals surface area contributed by atoms with E-state index >= 15 is 0 Å². The SMILES string of the molecule is c1ccc(-c2c(-c3ccccc3)c3cc(-c4cccc(N(c5ccc(-c6cccc7ccccc67)cc5)c5ccc6oc7c8ccccc8ccc7c6c5)c4)ccc3c3ccccc23)cc1. The summed E-state index contributed by atoms with van der Waals surface area (Å²) in [6.45, 7) is 0. The van der Waals surface area contributed by atoms with E-state index in [4.69, 9.17) is 4.42 Å². The Labute approximate surface area is 382 Å². The fraction of sp³-hybridized carbons (Fsp3) is 0. The number of fused-ring (bicyclic) bond motifs is 9. The monoisotopic (exact) mass is 839 g/mol. The highest BCUT2D eigenvalue weighted by Gasteiger charge is 2.21. The molecule has 2 heteroatoms. The van der Waals surface area contributed by atoms with Crippen LogP contribution < -0.4 is 4.90 Å². The highest BCUT2D eigenvalue weighted by molar-refractivity contribution is 6.22. The number of hydrogen-bond donors (Lipinski definition) is 0. The van der Waals surface area contributed by atoms with Gasteiger partial charge in [0.1, 0.15) is 11.2 Å². The van der Waals surface area contributed by atoms with E-state index < -0.39 is 0 Å². The van der Waals surface area contributed by atoms with E-state index in [0.717, 1.165) is 55.5 Å². The van der Waals surface area contributed by atoms with Gasteiger partial charge in [-0.05, 0) is 137 Å². The summed E-state index contributed by atoms with van der Waals surface area (Å²) in [6, 6.07) is 90.3. The number of anilines is 3. The second kappa shape index (κ2) is 15.5. The van der Waals surface area contributed by atoms with Crippen LogP contribution in [0.1, 0.15) is 0 Å². The van der Waals surface area contributed by atoms with Gasteiger partial charge in [-0.1, -0.05) is 194 Å². The molecule has 13 rings (SSSR count). The van der Waals surface area contributed by atoms with Crippen molar-refractivity contribution in [1.82, 2.24) is 0 Å². The van der Waals surface area contributed by atoms with Gasteiger partial charge in [-0.2, -0.15) is 0 Å². The summed E-state index contributed by atoms with van der Waals surface area (Å²) >= 11 is 0. The third kappa shape index (κ3) is 6.26. The second-order valence-electron chi connectivity index (χ2n) is 17.2. The fourth-order valence-electron chi connectivity index (χ4n) is 10.4. The standard InChI is InChI=1S/C64H41NO/c1-3-17-45(18-4-1)62-57-27-12-11-26-55(57)56-36-32-48(40-60(56)63(62)46-19-5-2-6-20-46)47-22-13-23-50(39-47)65(49-33-29-44(30-34-49)53-28-14-21-42-15-7-9-24-52(42)53)51-35-38-61-59(41-51)58-37-31-43-16-8-10-25-54(43)64(58)66-61/h1-41H. The van der Waals surface area contributed by atoms with Gasteiger partial charge in [-0.15, -0.1) is 0 Å². The van der Waals surface area contributed by atoms with Crippen molar-refractivity contribution >= 4 is 82.1 Å². The van der Waals surface area contributed by atoms with Crippen molar-refractivity contribution in [1.29, 1.82) is 0 Å². The maximum atomic E-state index is 6.61. The summed E-state index contributed by atoms with van der Waals surface area (Å²) < 4.78 is 6.61. The highest BCUT2D eigenvalue weighted by Crippen LogP contribution is 2.47. The first-order valence-corrected chi connectivity index (χ1v) is 22.7. The van der Waals surface area contributed by atoms with Crippen LogP contribution in [0.3, 0.4) is 0 Å². The van der Waals surface area contributed by atoms with Crippen molar-refractivity contribution in [3.63, 3.8) is 0 Å². The largest absolute Gasteiger partial charge is 0.455 e. The van der Waals surface area contributed by atoms with Gasteiger partial charge < -0.3 is 9.32 Å². The molecular weight excluding hydrogens is 799 g/mol. The van der Waals surface area contributed by atoms with E-state index in [1.807, 2.05) is 0 Å². The quantitative estimate of drug-likeness (QED) is 0.149. The summed E-state index contributed by atoms with van der Waals surface area (Å²) in [6.07, 6.45) is 0. The van der Waals surface area contributed by atoms with E-state index in [9.17, 15) is 0 Å². The van der Waals surface area contributed by atoms with Crippen molar-refractivity contribution < 1.29 is 4.42 Å². The highest BCUT2D eigenvalue weighted by atomic mass is 16.3. The molecule has 0 unspecified atom stereocenters. The minimum absolute atomic E-state index is 0.873. The first-order chi connectivity index (χ1) is 32.7. The topological polar surface area (TPSA) is 16.4 Å². The Morgan fingerprint density at radius 1 is 0.258 bits per heavy atom. The minimum Gasteiger partial charge on any atom is -0.455 e. The zero-order valence-corrected chi connectivity index (χ0v) is 36.0. The molecule has 0 amide bonds. The van der Waals surface area contributed by atoms with E-state index in [0.29, 0.717) is 0 Å². The van der Waals surface area contributed by atoms with Crippen LogP contribution in [-0.4, -0.2) is 0 Å². The zero-order chi connectivity index (χ0) is 43.6. The average Bonchev–Trinajstić information content (AvgIpc) is 3.77. The third-order valence-corrected chi connectivity index (χ3v) is 13.4. The molecule has 0 saturated heterocycles. The van der Waals surface area contributed by atoms with Gasteiger partial charge in [0.2, 0.25) is 0 Å². The number of hydrogen-bond acceptors (Lipinski definition) is 2. The van der Waals surface area contributed by atoms with E-state index in [-0.39, 0.29) is 0 Å². The van der Waals surface area contributed by atoms with Gasteiger partial charge in [0.25, 0.3) is 0 Å². The van der Waals surface area contributed by atoms with Crippen molar-refractivity contribution in [3.05, 3.63) is 249 Å². The van der Waals surface area contributed by atoms with E-state index in [1.54, 1.807) is 0 Å². The Morgan fingerprint density at radius 2 is 0.788 bits per heavy atom. The van der Waals surface area contributed by atoms with Gasteiger partial charge in [0, 0.05) is 33.2 Å². The molecule has 12 aromatic carbocycles. The molecule has 0 fully saturated rings. The summed E-state index contributed by atoms with van der Waals surface area (Å²) in [5, 5.41) is 11.9. The molecular formula is C64H41NO. The normalized spacial score (nSPS) is 11.6. The molecule has 13 aromatic rings. The van der Waals surface area contributed by atoms with Gasteiger partial charge in [-0.25, -0.2) is 0 Å². The average molecular weight is 840 g/mol. The van der Waals surface area contributed by atoms with Crippen LogP contribution in [0.5, 0.6) is 0 Å². The molecule has 0 N–H and O–H groups in total. The molecule has 0 saturated carbocycles. The van der Waals surface area contributed by atoms with Crippen LogP contribution in [-0.2, 0) is 0 Å². The molecule has 0 aliphatic heterocycles. The summed E-state index contributed by atoms with van der Waals surface area (Å²) in [5.41, 5.74) is 14.6. The van der Waals surface area contributed by atoms with E-state index in [2.05, 4.69) is 254 Å².